The van der Waals surface area contributed by atoms with Crippen LogP contribution in [-0.2, 0) is 16.6 Å². The van der Waals surface area contributed by atoms with Gasteiger partial charge in [0.05, 0.1) is 12.7 Å². The second-order valence-electron chi connectivity index (χ2n) is 4.50. The van der Waals surface area contributed by atoms with Gasteiger partial charge in [-0.15, -0.1) is 0 Å². The van der Waals surface area contributed by atoms with Crippen molar-refractivity contribution in [2.24, 2.45) is 0 Å². The number of aliphatic hydroxyl groups is 1. The third-order valence-corrected chi connectivity index (χ3v) is 4.93. The zero-order chi connectivity index (χ0) is 15.9. The Morgan fingerprint density at radius 2 is 2.05 bits per heavy atom. The molecular weight excluding hydrogens is 288 g/mol. The van der Waals surface area contributed by atoms with Crippen LogP contribution in [0.2, 0.25) is 0 Å². The molecule has 0 aliphatic rings. The molecule has 0 heterocycles. The molecule has 1 atom stereocenters. The van der Waals surface area contributed by atoms with Crippen LogP contribution in [0, 0.1) is 23.2 Å². The van der Waals surface area contributed by atoms with Gasteiger partial charge >= 0.3 is 0 Å². The van der Waals surface area contributed by atoms with Gasteiger partial charge in [0, 0.05) is 25.6 Å². The summed E-state index contributed by atoms with van der Waals surface area (Å²) in [7, 11) is -2.20. The maximum Gasteiger partial charge on any atom is 0.230 e. The van der Waals surface area contributed by atoms with Gasteiger partial charge in [-0.25, -0.2) is 8.42 Å². The summed E-state index contributed by atoms with van der Waals surface area (Å²) in [6.45, 7) is 1.50. The van der Waals surface area contributed by atoms with Gasteiger partial charge in [0.15, 0.2) is 5.25 Å². The fourth-order valence-corrected chi connectivity index (χ4v) is 2.65. The highest BCUT2D eigenvalue weighted by atomic mass is 32.2. The van der Waals surface area contributed by atoms with E-state index in [0.717, 1.165) is 15.4 Å². The molecule has 0 radical (unpaired) electrons. The number of nitriles is 1. The first kappa shape index (κ1) is 17.2. The Labute approximate surface area is 125 Å². The minimum absolute atomic E-state index is 0.0108. The Balaban J connectivity index is 3.00. The molecule has 1 aromatic rings. The van der Waals surface area contributed by atoms with E-state index in [1.54, 1.807) is 24.3 Å². The summed E-state index contributed by atoms with van der Waals surface area (Å²) in [5.41, 5.74) is 1.48. The smallest absolute Gasteiger partial charge is 0.230 e. The molecular formula is C15H18N2O3S. The van der Waals surface area contributed by atoms with Crippen molar-refractivity contribution in [2.45, 2.75) is 25.1 Å². The lowest BCUT2D eigenvalue weighted by Crippen LogP contribution is -2.33. The van der Waals surface area contributed by atoms with Crippen LogP contribution in [0.4, 0.5) is 0 Å². The zero-order valence-corrected chi connectivity index (χ0v) is 12.9. The molecule has 21 heavy (non-hydrogen) atoms. The van der Waals surface area contributed by atoms with E-state index in [2.05, 4.69) is 11.8 Å². The second kappa shape index (κ2) is 7.80. The molecule has 5 nitrogen and oxygen atoms in total. The standard InChI is InChI=1S/C15H18N2O3S/c1-13(11-16)21(19,20)17(2)12-15-9-4-3-7-14(15)8-5-6-10-18/h3-4,7,9,13,18H,6,10,12H2,1-2H3. The molecule has 0 fully saturated rings. The highest BCUT2D eigenvalue weighted by molar-refractivity contribution is 7.89. The lowest BCUT2D eigenvalue weighted by atomic mass is 10.1. The summed E-state index contributed by atoms with van der Waals surface area (Å²) < 4.78 is 25.3. The number of hydrogen-bond acceptors (Lipinski definition) is 4. The van der Waals surface area contributed by atoms with Gasteiger partial charge in [0.25, 0.3) is 0 Å². The van der Waals surface area contributed by atoms with Crippen molar-refractivity contribution in [3.63, 3.8) is 0 Å². The molecule has 0 saturated heterocycles. The van der Waals surface area contributed by atoms with Gasteiger partial charge < -0.3 is 5.11 Å². The Morgan fingerprint density at radius 1 is 1.38 bits per heavy atom. The molecule has 0 spiro atoms. The molecule has 0 aromatic heterocycles. The Hall–Kier alpha value is -1.86. The fraction of sp³-hybridized carbons (Fsp3) is 0.400. The Kier molecular flexibility index (Phi) is 6.39. The van der Waals surface area contributed by atoms with Crippen LogP contribution in [0.15, 0.2) is 24.3 Å². The first-order chi connectivity index (χ1) is 9.93. The lowest BCUT2D eigenvalue weighted by Gasteiger charge is -2.19. The van der Waals surface area contributed by atoms with Crippen LogP contribution in [0.3, 0.4) is 0 Å². The van der Waals surface area contributed by atoms with Crippen LogP contribution in [-0.4, -0.2) is 36.7 Å². The second-order valence-corrected chi connectivity index (χ2v) is 6.87. The largest absolute Gasteiger partial charge is 0.395 e. The van der Waals surface area contributed by atoms with Gasteiger partial charge in [-0.1, -0.05) is 30.0 Å². The Bertz CT molecular complexity index is 681. The highest BCUT2D eigenvalue weighted by Crippen LogP contribution is 2.14. The van der Waals surface area contributed by atoms with Crippen LogP contribution in [0.1, 0.15) is 24.5 Å². The van der Waals surface area contributed by atoms with Gasteiger partial charge in [-0.3, -0.25) is 0 Å². The number of rotatable bonds is 5. The van der Waals surface area contributed by atoms with Gasteiger partial charge in [-0.05, 0) is 18.6 Å². The molecule has 0 bridgehead atoms. The normalized spacial score (nSPS) is 12.3. The molecule has 0 aliphatic carbocycles. The van der Waals surface area contributed by atoms with Gasteiger partial charge in [-0.2, -0.15) is 9.57 Å². The van der Waals surface area contributed by atoms with Crippen LogP contribution < -0.4 is 0 Å². The van der Waals surface area contributed by atoms with Crippen molar-refractivity contribution in [1.29, 1.82) is 5.26 Å². The summed E-state index contributed by atoms with van der Waals surface area (Å²) in [5, 5.41) is 16.4. The number of aliphatic hydroxyl groups excluding tert-OH is 1. The van der Waals surface area contributed by atoms with E-state index in [0.29, 0.717) is 6.42 Å². The summed E-state index contributed by atoms with van der Waals surface area (Å²) in [6, 6.07) is 8.96. The number of hydrogen-bond donors (Lipinski definition) is 1. The number of sulfonamides is 1. The van der Waals surface area contributed by atoms with Crippen molar-refractivity contribution >= 4 is 10.0 Å². The number of nitrogens with zero attached hydrogens (tertiary/aromatic N) is 2. The van der Waals surface area contributed by atoms with Crippen molar-refractivity contribution in [2.75, 3.05) is 13.7 Å². The van der Waals surface area contributed by atoms with E-state index in [4.69, 9.17) is 10.4 Å². The van der Waals surface area contributed by atoms with Crippen molar-refractivity contribution < 1.29 is 13.5 Å². The maximum absolute atomic E-state index is 12.1. The summed E-state index contributed by atoms with van der Waals surface area (Å²) in [4.78, 5) is 0. The van der Waals surface area contributed by atoms with E-state index in [9.17, 15) is 8.42 Å². The van der Waals surface area contributed by atoms with Crippen LogP contribution in [0.25, 0.3) is 0 Å². The molecule has 1 N–H and O–H groups in total. The monoisotopic (exact) mass is 306 g/mol. The Morgan fingerprint density at radius 3 is 2.67 bits per heavy atom. The van der Waals surface area contributed by atoms with Gasteiger partial charge in [0.1, 0.15) is 0 Å². The molecule has 0 aliphatic heterocycles. The maximum atomic E-state index is 12.1. The molecule has 6 heteroatoms. The van der Waals surface area contributed by atoms with Crippen molar-refractivity contribution in [3.8, 4) is 17.9 Å². The van der Waals surface area contributed by atoms with Gasteiger partial charge in [0.2, 0.25) is 10.0 Å². The molecule has 0 amide bonds. The quantitative estimate of drug-likeness (QED) is 0.826. The molecule has 1 rings (SSSR count). The third-order valence-electron chi connectivity index (χ3n) is 2.93. The fourth-order valence-electron chi connectivity index (χ4n) is 1.66. The topological polar surface area (TPSA) is 81.4 Å². The van der Waals surface area contributed by atoms with E-state index in [-0.39, 0.29) is 13.2 Å². The minimum Gasteiger partial charge on any atom is -0.395 e. The van der Waals surface area contributed by atoms with E-state index >= 15 is 0 Å². The molecule has 1 aromatic carbocycles. The molecule has 112 valence electrons. The minimum atomic E-state index is -3.65. The average molecular weight is 306 g/mol. The van der Waals surface area contributed by atoms with E-state index < -0.39 is 15.3 Å². The van der Waals surface area contributed by atoms with Crippen LogP contribution in [0.5, 0.6) is 0 Å². The zero-order valence-electron chi connectivity index (χ0n) is 12.1. The summed E-state index contributed by atoms with van der Waals surface area (Å²) in [5.74, 6) is 5.74. The molecule has 0 saturated carbocycles. The first-order valence-corrected chi connectivity index (χ1v) is 7.96. The van der Waals surface area contributed by atoms with E-state index in [1.165, 1.54) is 14.0 Å². The first-order valence-electron chi connectivity index (χ1n) is 6.46. The average Bonchev–Trinajstić information content (AvgIpc) is 2.48. The molecule has 1 unspecified atom stereocenters. The number of benzene rings is 1. The van der Waals surface area contributed by atoms with E-state index in [1.807, 2.05) is 6.07 Å². The van der Waals surface area contributed by atoms with Crippen molar-refractivity contribution in [3.05, 3.63) is 35.4 Å². The highest BCUT2D eigenvalue weighted by Gasteiger charge is 2.26. The predicted octanol–water partition coefficient (Wildman–Crippen LogP) is 1.09. The predicted molar refractivity (Wildman–Crippen MR) is 80.5 cm³/mol. The van der Waals surface area contributed by atoms with Crippen molar-refractivity contribution in [1.82, 2.24) is 4.31 Å². The SMILES string of the molecule is CC(C#N)S(=O)(=O)N(C)Cc1ccccc1C#CCCO. The summed E-state index contributed by atoms with van der Waals surface area (Å²) in [6.07, 6.45) is 0.369. The summed E-state index contributed by atoms with van der Waals surface area (Å²) >= 11 is 0. The lowest BCUT2D eigenvalue weighted by molar-refractivity contribution is 0.305. The van der Waals surface area contributed by atoms with Crippen LogP contribution >= 0.6 is 0 Å². The third kappa shape index (κ3) is 4.57.